The van der Waals surface area contributed by atoms with Gasteiger partial charge in [-0.25, -0.2) is 0 Å². The Bertz CT molecular complexity index is 987. The molecule has 0 saturated heterocycles. The van der Waals surface area contributed by atoms with Gasteiger partial charge in [-0.05, 0) is 35.5 Å². The maximum Gasteiger partial charge on any atom is 0.273 e. The molecule has 0 heterocycles. The number of hydrogen-bond donors (Lipinski definition) is 3. The number of para-hydroxylation sites is 1. The Hall–Kier alpha value is -3.71. The van der Waals surface area contributed by atoms with Crippen LogP contribution >= 0.6 is 12.2 Å². The van der Waals surface area contributed by atoms with E-state index in [0.717, 1.165) is 11.1 Å². The fourth-order valence-corrected chi connectivity index (χ4v) is 3.17. The molecule has 0 aliphatic carbocycles. The summed E-state index contributed by atoms with van der Waals surface area (Å²) in [6, 6.07) is 25.6. The van der Waals surface area contributed by atoms with Crippen molar-refractivity contribution in [3.63, 3.8) is 0 Å². The van der Waals surface area contributed by atoms with Gasteiger partial charge in [0.25, 0.3) is 5.91 Å². The SMILES string of the molecule is COc1ccccc1C(=O)NNC(=S)NC(=O)C(c1ccccc1)c1ccccc1. The highest BCUT2D eigenvalue weighted by molar-refractivity contribution is 7.80. The predicted octanol–water partition coefficient (Wildman–Crippen LogP) is 3.16. The molecule has 0 spiro atoms. The first-order valence-corrected chi connectivity index (χ1v) is 9.65. The molecule has 0 aliphatic heterocycles. The molecule has 152 valence electrons. The zero-order chi connectivity index (χ0) is 21.3. The van der Waals surface area contributed by atoms with Crippen molar-refractivity contribution < 1.29 is 14.3 Å². The summed E-state index contributed by atoms with van der Waals surface area (Å²) in [5.74, 6) is -0.861. The van der Waals surface area contributed by atoms with Gasteiger partial charge in [0.15, 0.2) is 5.11 Å². The first-order chi connectivity index (χ1) is 14.6. The molecule has 2 amide bonds. The summed E-state index contributed by atoms with van der Waals surface area (Å²) in [6.07, 6.45) is 0. The van der Waals surface area contributed by atoms with Crippen molar-refractivity contribution in [3.05, 3.63) is 102 Å². The van der Waals surface area contributed by atoms with Crippen LogP contribution in [0, 0.1) is 0 Å². The zero-order valence-corrected chi connectivity index (χ0v) is 17.1. The van der Waals surface area contributed by atoms with Crippen molar-refractivity contribution in [1.29, 1.82) is 0 Å². The van der Waals surface area contributed by atoms with E-state index in [2.05, 4.69) is 16.2 Å². The molecule has 3 rings (SSSR count). The molecule has 6 nitrogen and oxygen atoms in total. The van der Waals surface area contributed by atoms with Gasteiger partial charge in [-0.3, -0.25) is 20.4 Å². The fraction of sp³-hybridized carbons (Fsp3) is 0.0870. The number of ether oxygens (including phenoxy) is 1. The molecule has 3 aromatic carbocycles. The van der Waals surface area contributed by atoms with Crippen LogP contribution in [0.1, 0.15) is 27.4 Å². The van der Waals surface area contributed by atoms with Gasteiger partial charge >= 0.3 is 0 Å². The Kier molecular flexibility index (Phi) is 7.13. The molecule has 0 atom stereocenters. The molecular weight excluding hydrogens is 398 g/mol. The summed E-state index contributed by atoms with van der Waals surface area (Å²) in [4.78, 5) is 25.4. The standard InChI is InChI=1S/C23H21N3O3S/c1-29-19-15-9-8-14-18(19)21(27)25-26-23(30)24-22(28)20(16-10-4-2-5-11-16)17-12-6-3-7-13-17/h2-15,20H,1H3,(H,25,27)(H2,24,26,28,30). The van der Waals surface area contributed by atoms with Crippen LogP contribution in [0.4, 0.5) is 0 Å². The summed E-state index contributed by atoms with van der Waals surface area (Å²) in [5, 5.41) is 2.63. The fourth-order valence-electron chi connectivity index (χ4n) is 3.01. The highest BCUT2D eigenvalue weighted by Gasteiger charge is 2.23. The van der Waals surface area contributed by atoms with Gasteiger partial charge in [0, 0.05) is 0 Å². The average Bonchev–Trinajstić information content (AvgIpc) is 2.79. The summed E-state index contributed by atoms with van der Waals surface area (Å²) in [6.45, 7) is 0. The molecule has 0 fully saturated rings. The summed E-state index contributed by atoms with van der Waals surface area (Å²) < 4.78 is 5.18. The number of rotatable bonds is 5. The molecule has 0 saturated carbocycles. The van der Waals surface area contributed by atoms with E-state index in [1.165, 1.54) is 7.11 Å². The highest BCUT2D eigenvalue weighted by atomic mass is 32.1. The van der Waals surface area contributed by atoms with Crippen molar-refractivity contribution >= 4 is 29.1 Å². The Morgan fingerprint density at radius 1 is 0.800 bits per heavy atom. The van der Waals surface area contributed by atoms with Crippen molar-refractivity contribution in [2.75, 3.05) is 7.11 Å². The minimum absolute atomic E-state index is 0.0138. The third-order valence-corrected chi connectivity index (χ3v) is 4.61. The van der Waals surface area contributed by atoms with E-state index in [0.29, 0.717) is 11.3 Å². The first-order valence-electron chi connectivity index (χ1n) is 9.24. The second-order valence-electron chi connectivity index (χ2n) is 6.35. The lowest BCUT2D eigenvalue weighted by atomic mass is 9.90. The van der Waals surface area contributed by atoms with Gasteiger partial charge < -0.3 is 10.1 Å². The summed E-state index contributed by atoms with van der Waals surface area (Å²) in [5.41, 5.74) is 7.05. The number of methoxy groups -OCH3 is 1. The van der Waals surface area contributed by atoms with Gasteiger partial charge in [0.05, 0.1) is 18.6 Å². The number of thiocarbonyl (C=S) groups is 1. The topological polar surface area (TPSA) is 79.5 Å². The number of hydrogen-bond acceptors (Lipinski definition) is 4. The van der Waals surface area contributed by atoms with Crippen LogP contribution in [0.2, 0.25) is 0 Å². The largest absolute Gasteiger partial charge is 0.496 e. The molecule has 0 bridgehead atoms. The third-order valence-electron chi connectivity index (χ3n) is 4.41. The van der Waals surface area contributed by atoms with Gasteiger partial charge in [-0.1, -0.05) is 72.8 Å². The normalized spacial score (nSPS) is 10.2. The lowest BCUT2D eigenvalue weighted by molar-refractivity contribution is -0.120. The number of benzene rings is 3. The van der Waals surface area contributed by atoms with Crippen molar-refractivity contribution in [1.82, 2.24) is 16.2 Å². The Balaban J connectivity index is 1.67. The Morgan fingerprint density at radius 2 is 1.33 bits per heavy atom. The first kappa shape index (κ1) is 21.0. The second-order valence-corrected chi connectivity index (χ2v) is 6.76. The maximum atomic E-state index is 13.0. The maximum absolute atomic E-state index is 13.0. The van der Waals surface area contributed by atoms with Crippen LogP contribution in [0.3, 0.4) is 0 Å². The third kappa shape index (κ3) is 5.21. The van der Waals surface area contributed by atoms with Gasteiger partial charge in [-0.15, -0.1) is 0 Å². The second kappa shape index (κ2) is 10.2. The molecule has 0 radical (unpaired) electrons. The van der Waals surface area contributed by atoms with Crippen LogP contribution in [0.5, 0.6) is 5.75 Å². The number of carbonyl (C=O) groups excluding carboxylic acids is 2. The molecule has 30 heavy (non-hydrogen) atoms. The molecule has 3 aromatic rings. The van der Waals surface area contributed by atoms with Gasteiger partial charge in [0.2, 0.25) is 5.91 Å². The van der Waals surface area contributed by atoms with E-state index < -0.39 is 11.8 Å². The molecule has 0 aliphatic rings. The number of nitrogens with one attached hydrogen (secondary N) is 3. The smallest absolute Gasteiger partial charge is 0.273 e. The number of hydrazine groups is 1. The monoisotopic (exact) mass is 419 g/mol. The molecule has 3 N–H and O–H groups in total. The highest BCUT2D eigenvalue weighted by Crippen LogP contribution is 2.24. The lowest BCUT2D eigenvalue weighted by Gasteiger charge is -2.19. The Morgan fingerprint density at radius 3 is 1.90 bits per heavy atom. The number of carbonyl (C=O) groups is 2. The average molecular weight is 420 g/mol. The van der Waals surface area contributed by atoms with Crippen molar-refractivity contribution in [2.24, 2.45) is 0 Å². The molecule has 0 aromatic heterocycles. The van der Waals surface area contributed by atoms with Crippen LogP contribution in [-0.2, 0) is 4.79 Å². The minimum Gasteiger partial charge on any atom is -0.496 e. The van der Waals surface area contributed by atoms with Crippen LogP contribution in [-0.4, -0.2) is 24.0 Å². The summed E-state index contributed by atoms with van der Waals surface area (Å²) >= 11 is 5.19. The van der Waals surface area contributed by atoms with Gasteiger partial charge in [0.1, 0.15) is 5.75 Å². The van der Waals surface area contributed by atoms with Crippen LogP contribution < -0.4 is 20.9 Å². The minimum atomic E-state index is -0.544. The Labute approximate surface area is 180 Å². The van der Waals surface area contributed by atoms with E-state index in [-0.39, 0.29) is 11.0 Å². The lowest BCUT2D eigenvalue weighted by Crippen LogP contribution is -2.49. The summed E-state index contributed by atoms with van der Waals surface area (Å²) in [7, 11) is 1.48. The predicted molar refractivity (Wildman–Crippen MR) is 119 cm³/mol. The molecular formula is C23H21N3O3S. The quantitative estimate of drug-likeness (QED) is 0.437. The van der Waals surface area contributed by atoms with E-state index in [9.17, 15) is 9.59 Å². The molecule has 7 heteroatoms. The van der Waals surface area contributed by atoms with Crippen molar-refractivity contribution in [2.45, 2.75) is 5.92 Å². The van der Waals surface area contributed by atoms with E-state index in [1.807, 2.05) is 60.7 Å². The van der Waals surface area contributed by atoms with Crippen LogP contribution in [0.25, 0.3) is 0 Å². The zero-order valence-electron chi connectivity index (χ0n) is 16.3. The van der Waals surface area contributed by atoms with Crippen LogP contribution in [0.15, 0.2) is 84.9 Å². The van der Waals surface area contributed by atoms with E-state index >= 15 is 0 Å². The van der Waals surface area contributed by atoms with E-state index in [4.69, 9.17) is 17.0 Å². The van der Waals surface area contributed by atoms with Crippen molar-refractivity contribution in [3.8, 4) is 5.75 Å². The molecule has 0 unspecified atom stereocenters. The van der Waals surface area contributed by atoms with Gasteiger partial charge in [-0.2, -0.15) is 0 Å². The van der Waals surface area contributed by atoms with E-state index in [1.54, 1.807) is 24.3 Å². The number of amides is 2.